The van der Waals surface area contributed by atoms with Gasteiger partial charge < -0.3 is 24.1 Å². The van der Waals surface area contributed by atoms with Gasteiger partial charge in [0.25, 0.3) is 0 Å². The summed E-state index contributed by atoms with van der Waals surface area (Å²) >= 11 is 6.30. The zero-order chi connectivity index (χ0) is 16.6. The summed E-state index contributed by atoms with van der Waals surface area (Å²) in [5.74, 6) is -1.28. The zero-order valence-electron chi connectivity index (χ0n) is 12.8. The first-order valence-corrected chi connectivity index (χ1v) is 7.86. The van der Waals surface area contributed by atoms with Crippen molar-refractivity contribution < 1.29 is 28.8 Å². The van der Waals surface area contributed by atoms with Crippen LogP contribution < -0.4 is 0 Å². The van der Waals surface area contributed by atoms with E-state index in [2.05, 4.69) is 0 Å². The van der Waals surface area contributed by atoms with Gasteiger partial charge in [0.05, 0.1) is 10.9 Å². The lowest BCUT2D eigenvalue weighted by molar-refractivity contribution is -0.214. The first-order valence-electron chi connectivity index (χ1n) is 7.43. The van der Waals surface area contributed by atoms with E-state index in [1.54, 1.807) is 44.2 Å². The standard InChI is InChI=1S/C16H19ClO6/c1-16(2)22-13-11(17)12(21-15(13)23-16)10(18)8-20-14(19)9-6-4-3-5-7-9/h3-7,10-13,15,18H,8H2,1-2H3. The molecule has 0 saturated carbocycles. The Morgan fingerprint density at radius 3 is 2.70 bits per heavy atom. The van der Waals surface area contributed by atoms with Crippen molar-refractivity contribution in [1.82, 2.24) is 0 Å². The second kappa shape index (κ2) is 6.37. The Morgan fingerprint density at radius 2 is 2.04 bits per heavy atom. The van der Waals surface area contributed by atoms with Crippen LogP contribution in [0.5, 0.6) is 0 Å². The molecule has 126 valence electrons. The minimum Gasteiger partial charge on any atom is -0.459 e. The van der Waals surface area contributed by atoms with E-state index in [1.165, 1.54) is 0 Å². The van der Waals surface area contributed by atoms with Crippen LogP contribution in [-0.2, 0) is 18.9 Å². The number of alkyl halides is 1. The van der Waals surface area contributed by atoms with Gasteiger partial charge in [-0.05, 0) is 26.0 Å². The molecule has 0 aromatic heterocycles. The predicted molar refractivity (Wildman–Crippen MR) is 81.1 cm³/mol. The Kier molecular flexibility index (Phi) is 4.62. The van der Waals surface area contributed by atoms with E-state index in [0.29, 0.717) is 5.56 Å². The van der Waals surface area contributed by atoms with E-state index in [4.69, 9.17) is 30.5 Å². The van der Waals surface area contributed by atoms with Crippen molar-refractivity contribution in [3.63, 3.8) is 0 Å². The summed E-state index contributed by atoms with van der Waals surface area (Å²) in [4.78, 5) is 11.9. The molecule has 6 nitrogen and oxygen atoms in total. The number of hydrogen-bond acceptors (Lipinski definition) is 6. The molecule has 2 aliphatic heterocycles. The van der Waals surface area contributed by atoms with Crippen LogP contribution in [0.1, 0.15) is 24.2 Å². The minimum absolute atomic E-state index is 0.218. The number of aliphatic hydroxyl groups excluding tert-OH is 1. The quantitative estimate of drug-likeness (QED) is 0.663. The van der Waals surface area contributed by atoms with Gasteiger partial charge >= 0.3 is 5.97 Å². The molecule has 23 heavy (non-hydrogen) atoms. The van der Waals surface area contributed by atoms with Gasteiger partial charge in [-0.3, -0.25) is 0 Å². The van der Waals surface area contributed by atoms with Gasteiger partial charge in [0.2, 0.25) is 0 Å². The number of rotatable bonds is 4. The third kappa shape index (κ3) is 3.51. The molecule has 2 heterocycles. The van der Waals surface area contributed by atoms with Gasteiger partial charge in [0.1, 0.15) is 24.9 Å². The lowest BCUT2D eigenvalue weighted by atomic mass is 10.1. The SMILES string of the molecule is CC1(C)OC2OC(C(O)COC(=O)c3ccccc3)C(Cl)C2O1. The summed E-state index contributed by atoms with van der Waals surface area (Å²) in [5.41, 5.74) is 0.416. The van der Waals surface area contributed by atoms with Crippen LogP contribution in [0, 0.1) is 0 Å². The molecule has 2 fully saturated rings. The van der Waals surface area contributed by atoms with Crippen molar-refractivity contribution in [3.05, 3.63) is 35.9 Å². The normalized spacial score (nSPS) is 33.2. The summed E-state index contributed by atoms with van der Waals surface area (Å²) in [6, 6.07) is 8.55. The Hall–Kier alpha value is -1.18. The topological polar surface area (TPSA) is 74.2 Å². The van der Waals surface area contributed by atoms with Crippen molar-refractivity contribution in [3.8, 4) is 0 Å². The summed E-state index contributed by atoms with van der Waals surface area (Å²) < 4.78 is 21.9. The van der Waals surface area contributed by atoms with Crippen LogP contribution in [0.4, 0.5) is 0 Å². The van der Waals surface area contributed by atoms with Crippen molar-refractivity contribution in [2.75, 3.05) is 6.61 Å². The van der Waals surface area contributed by atoms with E-state index in [0.717, 1.165) is 0 Å². The van der Waals surface area contributed by atoms with E-state index in [-0.39, 0.29) is 6.61 Å². The fourth-order valence-electron chi connectivity index (χ4n) is 2.71. The van der Waals surface area contributed by atoms with Crippen LogP contribution in [0.15, 0.2) is 30.3 Å². The maximum absolute atomic E-state index is 11.9. The largest absolute Gasteiger partial charge is 0.459 e. The molecule has 1 N–H and O–H groups in total. The molecule has 1 aromatic carbocycles. The molecule has 0 radical (unpaired) electrons. The minimum atomic E-state index is -1.06. The second-order valence-electron chi connectivity index (χ2n) is 6.05. The lowest BCUT2D eigenvalue weighted by Crippen LogP contribution is -2.40. The smallest absolute Gasteiger partial charge is 0.338 e. The molecular weight excluding hydrogens is 324 g/mol. The van der Waals surface area contributed by atoms with Crippen LogP contribution in [-0.4, -0.2) is 53.4 Å². The number of esters is 1. The molecule has 5 unspecified atom stereocenters. The fourth-order valence-corrected chi connectivity index (χ4v) is 3.11. The average Bonchev–Trinajstić information content (AvgIpc) is 2.99. The van der Waals surface area contributed by atoms with Gasteiger partial charge in [-0.25, -0.2) is 4.79 Å². The summed E-state index contributed by atoms with van der Waals surface area (Å²) in [6.07, 6.45) is -2.88. The number of carbonyl (C=O) groups excluding carboxylic acids is 1. The molecule has 3 rings (SSSR count). The molecule has 0 amide bonds. The van der Waals surface area contributed by atoms with E-state index < -0.39 is 41.7 Å². The zero-order valence-corrected chi connectivity index (χ0v) is 13.6. The number of fused-ring (bicyclic) bond motifs is 1. The van der Waals surface area contributed by atoms with Crippen LogP contribution in [0.2, 0.25) is 0 Å². The van der Waals surface area contributed by atoms with Crippen molar-refractivity contribution in [2.24, 2.45) is 0 Å². The monoisotopic (exact) mass is 342 g/mol. The Labute approximate surface area is 139 Å². The molecule has 2 saturated heterocycles. The summed E-state index contributed by atoms with van der Waals surface area (Å²) in [7, 11) is 0. The maximum Gasteiger partial charge on any atom is 0.338 e. The van der Waals surface area contributed by atoms with E-state index in [1.807, 2.05) is 0 Å². The van der Waals surface area contributed by atoms with Gasteiger partial charge in [-0.2, -0.15) is 0 Å². The first-order chi connectivity index (χ1) is 10.9. The number of ether oxygens (including phenoxy) is 4. The van der Waals surface area contributed by atoms with Gasteiger partial charge in [0, 0.05) is 0 Å². The van der Waals surface area contributed by atoms with Crippen molar-refractivity contribution in [1.29, 1.82) is 0 Å². The third-order valence-electron chi connectivity index (χ3n) is 3.78. The Balaban J connectivity index is 1.54. The molecule has 0 spiro atoms. The molecule has 0 bridgehead atoms. The van der Waals surface area contributed by atoms with Crippen LogP contribution in [0.25, 0.3) is 0 Å². The van der Waals surface area contributed by atoms with Crippen LogP contribution >= 0.6 is 11.6 Å². The van der Waals surface area contributed by atoms with E-state index in [9.17, 15) is 9.90 Å². The van der Waals surface area contributed by atoms with Crippen molar-refractivity contribution >= 4 is 17.6 Å². The molecule has 2 aliphatic rings. The first kappa shape index (κ1) is 16.7. The molecule has 5 atom stereocenters. The highest BCUT2D eigenvalue weighted by molar-refractivity contribution is 6.21. The highest BCUT2D eigenvalue weighted by Gasteiger charge is 2.55. The fraction of sp³-hybridized carbons (Fsp3) is 0.562. The molecule has 1 aromatic rings. The van der Waals surface area contributed by atoms with Crippen LogP contribution in [0.3, 0.4) is 0 Å². The second-order valence-corrected chi connectivity index (χ2v) is 6.55. The maximum atomic E-state index is 11.9. The van der Waals surface area contributed by atoms with Crippen molar-refractivity contribution in [2.45, 2.75) is 49.6 Å². The number of hydrogen-bond donors (Lipinski definition) is 1. The Morgan fingerprint density at radius 1 is 1.35 bits per heavy atom. The molecular formula is C16H19ClO6. The highest BCUT2D eigenvalue weighted by atomic mass is 35.5. The number of aliphatic hydroxyl groups is 1. The number of benzene rings is 1. The summed E-state index contributed by atoms with van der Waals surface area (Å²) in [6.45, 7) is 3.32. The molecule has 0 aliphatic carbocycles. The Bertz CT molecular complexity index is 563. The number of halogens is 1. The summed E-state index contributed by atoms with van der Waals surface area (Å²) in [5, 5.41) is 9.61. The molecule has 7 heteroatoms. The van der Waals surface area contributed by atoms with Gasteiger partial charge in [-0.15, -0.1) is 11.6 Å². The lowest BCUT2D eigenvalue weighted by Gasteiger charge is -2.25. The highest BCUT2D eigenvalue weighted by Crippen LogP contribution is 2.40. The average molecular weight is 343 g/mol. The predicted octanol–water partition coefficient (Wildman–Crippen LogP) is 1.69. The van der Waals surface area contributed by atoms with Gasteiger partial charge in [-0.1, -0.05) is 18.2 Å². The third-order valence-corrected chi connectivity index (χ3v) is 4.28. The van der Waals surface area contributed by atoms with E-state index >= 15 is 0 Å². The number of carbonyl (C=O) groups is 1. The van der Waals surface area contributed by atoms with Gasteiger partial charge in [0.15, 0.2) is 12.1 Å².